The number of benzene rings is 1. The Bertz CT molecular complexity index is 586. The first kappa shape index (κ1) is 14.1. The summed E-state index contributed by atoms with van der Waals surface area (Å²) in [7, 11) is 2.19. The molecule has 3 heterocycles. The Hall–Kier alpha value is -1.55. The van der Waals surface area contributed by atoms with Crippen LogP contribution >= 0.6 is 0 Å². The summed E-state index contributed by atoms with van der Waals surface area (Å²) in [4.78, 5) is 15.0. The number of piperidine rings is 1. The van der Waals surface area contributed by atoms with Crippen LogP contribution in [0.5, 0.6) is 5.75 Å². The van der Waals surface area contributed by atoms with E-state index in [1.807, 2.05) is 25.1 Å². The number of carbonyl (C=O) groups excluding carboxylic acids is 1. The van der Waals surface area contributed by atoms with E-state index >= 15 is 0 Å². The molecule has 3 aliphatic heterocycles. The molecule has 1 aromatic rings. The van der Waals surface area contributed by atoms with Crippen molar-refractivity contribution in [3.05, 3.63) is 29.3 Å². The van der Waals surface area contributed by atoms with Crippen molar-refractivity contribution in [3.63, 3.8) is 0 Å². The van der Waals surface area contributed by atoms with Crippen molar-refractivity contribution in [2.45, 2.75) is 63.3 Å². The van der Waals surface area contributed by atoms with Crippen LogP contribution < -0.4 is 4.74 Å². The van der Waals surface area contributed by atoms with E-state index in [-0.39, 0.29) is 18.2 Å². The van der Waals surface area contributed by atoms with Crippen LogP contribution in [0.15, 0.2) is 18.2 Å². The standard InChI is InChI=1S/C18H23NO3/c1-11-8-12-4-3-5-16(17(12)21-11)18(20)22-15-9-13-6-7-14(10-15)19(13)2/h3-5,11,13-15H,6-10H2,1-2H3/t11?,13-,14+,15?. The molecule has 0 spiro atoms. The molecule has 2 fully saturated rings. The van der Waals surface area contributed by atoms with Gasteiger partial charge in [0.1, 0.15) is 23.5 Å². The second kappa shape index (κ2) is 5.27. The van der Waals surface area contributed by atoms with Gasteiger partial charge in [0.15, 0.2) is 0 Å². The second-order valence-corrected chi connectivity index (χ2v) is 6.98. The van der Waals surface area contributed by atoms with Gasteiger partial charge < -0.3 is 14.4 Å². The number of carbonyl (C=O) groups is 1. The SMILES string of the molecule is CC1Cc2cccc(C(=O)OC3C[C@H]4CC[C@@H](C3)N4C)c2O1. The van der Waals surface area contributed by atoms with E-state index in [9.17, 15) is 4.79 Å². The molecule has 0 amide bonds. The zero-order valence-corrected chi connectivity index (χ0v) is 13.2. The third-order valence-corrected chi connectivity index (χ3v) is 5.47. The Morgan fingerprint density at radius 1 is 1.27 bits per heavy atom. The highest BCUT2D eigenvalue weighted by Gasteiger charge is 2.40. The third-order valence-electron chi connectivity index (χ3n) is 5.47. The molecule has 2 saturated heterocycles. The first-order chi connectivity index (χ1) is 10.6. The van der Waals surface area contributed by atoms with Crippen LogP contribution in [0.1, 0.15) is 48.5 Å². The van der Waals surface area contributed by atoms with Crippen LogP contribution in [0.3, 0.4) is 0 Å². The van der Waals surface area contributed by atoms with Gasteiger partial charge in [-0.3, -0.25) is 0 Å². The molecule has 2 unspecified atom stereocenters. The van der Waals surface area contributed by atoms with Crippen LogP contribution in [0, 0.1) is 0 Å². The molecule has 0 radical (unpaired) electrons. The van der Waals surface area contributed by atoms with E-state index in [0.717, 1.165) is 30.6 Å². The van der Waals surface area contributed by atoms with Gasteiger partial charge in [0.2, 0.25) is 0 Å². The fraction of sp³-hybridized carbons (Fsp3) is 0.611. The Labute approximate surface area is 131 Å². The molecule has 4 rings (SSSR count). The van der Waals surface area contributed by atoms with Crippen LogP contribution in [-0.2, 0) is 11.2 Å². The summed E-state index contributed by atoms with van der Waals surface area (Å²) < 4.78 is 11.6. The molecule has 118 valence electrons. The molecule has 1 aromatic carbocycles. The number of hydrogen-bond donors (Lipinski definition) is 0. The number of hydrogen-bond acceptors (Lipinski definition) is 4. The van der Waals surface area contributed by atoms with Gasteiger partial charge in [-0.2, -0.15) is 0 Å². The highest BCUT2D eigenvalue weighted by Crippen LogP contribution is 2.37. The van der Waals surface area contributed by atoms with E-state index in [0.29, 0.717) is 17.6 Å². The van der Waals surface area contributed by atoms with E-state index in [1.54, 1.807) is 0 Å². The van der Waals surface area contributed by atoms with Gasteiger partial charge in [-0.25, -0.2) is 4.79 Å². The second-order valence-electron chi connectivity index (χ2n) is 6.98. The first-order valence-electron chi connectivity index (χ1n) is 8.33. The van der Waals surface area contributed by atoms with Gasteiger partial charge in [-0.05, 0) is 38.4 Å². The third kappa shape index (κ3) is 2.30. The summed E-state index contributed by atoms with van der Waals surface area (Å²) in [5, 5.41) is 0. The minimum Gasteiger partial charge on any atom is -0.489 e. The highest BCUT2D eigenvalue weighted by atomic mass is 16.5. The average Bonchev–Trinajstić information content (AvgIpc) is 2.94. The maximum Gasteiger partial charge on any atom is 0.342 e. The summed E-state index contributed by atoms with van der Waals surface area (Å²) >= 11 is 0. The molecule has 0 saturated carbocycles. The van der Waals surface area contributed by atoms with Crippen molar-refractivity contribution < 1.29 is 14.3 Å². The summed E-state index contributed by atoms with van der Waals surface area (Å²) in [6, 6.07) is 6.94. The lowest BCUT2D eigenvalue weighted by Gasteiger charge is -2.35. The van der Waals surface area contributed by atoms with Gasteiger partial charge in [0, 0.05) is 31.3 Å². The van der Waals surface area contributed by atoms with Crippen molar-refractivity contribution in [1.29, 1.82) is 0 Å². The lowest BCUT2D eigenvalue weighted by atomic mass is 10.0. The fourth-order valence-corrected chi connectivity index (χ4v) is 4.27. The maximum atomic E-state index is 12.6. The normalized spacial score (nSPS) is 33.4. The molecule has 0 aromatic heterocycles. The fourth-order valence-electron chi connectivity index (χ4n) is 4.27. The first-order valence-corrected chi connectivity index (χ1v) is 8.33. The van der Waals surface area contributed by atoms with Gasteiger partial charge >= 0.3 is 5.97 Å². The lowest BCUT2D eigenvalue weighted by molar-refractivity contribution is -0.000750. The van der Waals surface area contributed by atoms with Crippen LogP contribution in [0.25, 0.3) is 0 Å². The van der Waals surface area contributed by atoms with Crippen LogP contribution in [0.4, 0.5) is 0 Å². The number of nitrogens with zero attached hydrogens (tertiary/aromatic N) is 1. The largest absolute Gasteiger partial charge is 0.489 e. The van der Waals surface area contributed by atoms with Gasteiger partial charge in [-0.1, -0.05) is 12.1 Å². The monoisotopic (exact) mass is 301 g/mol. The Morgan fingerprint density at radius 3 is 2.73 bits per heavy atom. The molecule has 4 heteroatoms. The van der Waals surface area contributed by atoms with Crippen LogP contribution in [-0.4, -0.2) is 42.2 Å². The molecule has 4 nitrogen and oxygen atoms in total. The topological polar surface area (TPSA) is 38.8 Å². The zero-order chi connectivity index (χ0) is 15.3. The van der Waals surface area contributed by atoms with Crippen molar-refractivity contribution >= 4 is 5.97 Å². The summed E-state index contributed by atoms with van der Waals surface area (Å²) in [6.07, 6.45) is 5.46. The molecule has 0 aliphatic carbocycles. The highest BCUT2D eigenvalue weighted by molar-refractivity contribution is 5.93. The van der Waals surface area contributed by atoms with E-state index < -0.39 is 0 Å². The number of ether oxygens (including phenoxy) is 2. The summed E-state index contributed by atoms with van der Waals surface area (Å²) in [6.45, 7) is 2.03. The van der Waals surface area contributed by atoms with Crippen molar-refractivity contribution in [1.82, 2.24) is 4.90 Å². The van der Waals surface area contributed by atoms with Crippen molar-refractivity contribution in [2.75, 3.05) is 7.05 Å². The number of esters is 1. The maximum absolute atomic E-state index is 12.6. The van der Waals surface area contributed by atoms with Crippen molar-refractivity contribution in [2.24, 2.45) is 0 Å². The predicted octanol–water partition coefficient (Wildman–Crippen LogP) is 2.79. The van der Waals surface area contributed by atoms with Gasteiger partial charge in [-0.15, -0.1) is 0 Å². The quantitative estimate of drug-likeness (QED) is 0.787. The van der Waals surface area contributed by atoms with Gasteiger partial charge in [0.05, 0.1) is 0 Å². The van der Waals surface area contributed by atoms with E-state index in [2.05, 4.69) is 11.9 Å². The number of rotatable bonds is 2. The Kier molecular flexibility index (Phi) is 3.37. The van der Waals surface area contributed by atoms with Crippen molar-refractivity contribution in [3.8, 4) is 5.75 Å². The molecule has 4 atom stereocenters. The number of para-hydroxylation sites is 1. The Balaban J connectivity index is 1.49. The zero-order valence-electron chi connectivity index (χ0n) is 13.2. The molecule has 22 heavy (non-hydrogen) atoms. The van der Waals surface area contributed by atoms with Gasteiger partial charge in [0.25, 0.3) is 0 Å². The van der Waals surface area contributed by atoms with E-state index in [1.165, 1.54) is 12.8 Å². The summed E-state index contributed by atoms with van der Waals surface area (Å²) in [5.74, 6) is 0.510. The minimum atomic E-state index is -0.222. The minimum absolute atomic E-state index is 0.0517. The lowest BCUT2D eigenvalue weighted by Crippen LogP contribution is -2.43. The Morgan fingerprint density at radius 2 is 2.00 bits per heavy atom. The molecule has 0 N–H and O–H groups in total. The molecular formula is C18H23NO3. The average molecular weight is 301 g/mol. The smallest absolute Gasteiger partial charge is 0.342 e. The van der Waals surface area contributed by atoms with Crippen LogP contribution in [0.2, 0.25) is 0 Å². The number of fused-ring (bicyclic) bond motifs is 3. The summed E-state index contributed by atoms with van der Waals surface area (Å²) in [5.41, 5.74) is 1.71. The predicted molar refractivity (Wildman–Crippen MR) is 83.2 cm³/mol. The molecule has 3 aliphatic rings. The molecular weight excluding hydrogens is 278 g/mol. The molecule has 2 bridgehead atoms. The van der Waals surface area contributed by atoms with E-state index in [4.69, 9.17) is 9.47 Å².